The van der Waals surface area contributed by atoms with Crippen LogP contribution in [0.1, 0.15) is 45.8 Å². The Morgan fingerprint density at radius 3 is 2.62 bits per heavy atom. The van der Waals surface area contributed by atoms with E-state index < -0.39 is 10.0 Å². The van der Waals surface area contributed by atoms with Gasteiger partial charge in [-0.25, -0.2) is 13.1 Å². The molecule has 1 aromatic heterocycles. The molecule has 0 aliphatic heterocycles. The SMILES string of the molecule is CC(C)NCc1cc(S(=O)(=O)NC(C)CC2CC2)c(Br)o1. The minimum atomic E-state index is -3.54. The van der Waals surface area contributed by atoms with Crippen LogP contribution in [-0.4, -0.2) is 20.5 Å². The van der Waals surface area contributed by atoms with Crippen molar-refractivity contribution in [2.24, 2.45) is 5.92 Å². The van der Waals surface area contributed by atoms with Gasteiger partial charge in [0.15, 0.2) is 4.67 Å². The summed E-state index contributed by atoms with van der Waals surface area (Å²) in [5, 5.41) is 3.20. The number of hydrogen-bond acceptors (Lipinski definition) is 4. The standard InChI is InChI=1S/C14H23BrN2O3S/c1-9(2)16-8-12-7-13(14(15)20-12)21(18,19)17-10(3)6-11-4-5-11/h7,9-11,16-17H,4-6,8H2,1-3H3. The highest BCUT2D eigenvalue weighted by molar-refractivity contribution is 9.10. The number of sulfonamides is 1. The van der Waals surface area contributed by atoms with Crippen molar-refractivity contribution in [2.75, 3.05) is 0 Å². The Balaban J connectivity index is 2.04. The molecule has 0 saturated heterocycles. The molecule has 1 atom stereocenters. The number of halogens is 1. The fraction of sp³-hybridized carbons (Fsp3) is 0.714. The molecule has 2 rings (SSSR count). The van der Waals surface area contributed by atoms with E-state index in [9.17, 15) is 8.42 Å². The molecule has 1 aliphatic carbocycles. The second-order valence-corrected chi connectivity index (χ2v) is 8.49. The van der Waals surface area contributed by atoms with E-state index in [1.807, 2.05) is 20.8 Å². The third kappa shape index (κ3) is 5.09. The van der Waals surface area contributed by atoms with Crippen molar-refractivity contribution < 1.29 is 12.8 Å². The van der Waals surface area contributed by atoms with Gasteiger partial charge in [0, 0.05) is 18.2 Å². The van der Waals surface area contributed by atoms with E-state index in [4.69, 9.17) is 4.42 Å². The monoisotopic (exact) mass is 378 g/mol. The Hall–Kier alpha value is -0.370. The van der Waals surface area contributed by atoms with Crippen LogP contribution in [-0.2, 0) is 16.6 Å². The van der Waals surface area contributed by atoms with Crippen molar-refractivity contribution in [1.29, 1.82) is 0 Å². The van der Waals surface area contributed by atoms with Gasteiger partial charge in [-0.3, -0.25) is 0 Å². The summed E-state index contributed by atoms with van der Waals surface area (Å²) in [6, 6.07) is 1.83. The van der Waals surface area contributed by atoms with Crippen LogP contribution in [0.2, 0.25) is 0 Å². The summed E-state index contributed by atoms with van der Waals surface area (Å²) in [6.45, 7) is 6.46. The molecule has 2 N–H and O–H groups in total. The molecule has 0 bridgehead atoms. The van der Waals surface area contributed by atoms with Crippen LogP contribution in [0.25, 0.3) is 0 Å². The third-order valence-electron chi connectivity index (χ3n) is 3.42. The first-order valence-corrected chi connectivity index (χ1v) is 9.59. The second kappa shape index (κ2) is 6.81. The Morgan fingerprint density at radius 2 is 2.05 bits per heavy atom. The predicted octanol–water partition coefficient (Wildman–Crippen LogP) is 3.01. The van der Waals surface area contributed by atoms with Gasteiger partial charge in [0.1, 0.15) is 10.7 Å². The van der Waals surface area contributed by atoms with Gasteiger partial charge in [0.2, 0.25) is 10.0 Å². The van der Waals surface area contributed by atoms with Crippen molar-refractivity contribution in [1.82, 2.24) is 10.0 Å². The van der Waals surface area contributed by atoms with Crippen LogP contribution in [0, 0.1) is 5.92 Å². The minimum Gasteiger partial charge on any atom is -0.452 e. The number of furan rings is 1. The molecule has 21 heavy (non-hydrogen) atoms. The van der Waals surface area contributed by atoms with Gasteiger partial charge in [0.05, 0.1) is 6.54 Å². The largest absolute Gasteiger partial charge is 0.452 e. The fourth-order valence-electron chi connectivity index (χ4n) is 2.20. The highest BCUT2D eigenvalue weighted by atomic mass is 79.9. The van der Waals surface area contributed by atoms with Crippen molar-refractivity contribution >= 4 is 26.0 Å². The third-order valence-corrected chi connectivity index (χ3v) is 5.87. The van der Waals surface area contributed by atoms with E-state index in [1.165, 1.54) is 12.8 Å². The first-order valence-electron chi connectivity index (χ1n) is 7.32. The van der Waals surface area contributed by atoms with Crippen LogP contribution < -0.4 is 10.0 Å². The maximum atomic E-state index is 12.4. The topological polar surface area (TPSA) is 71.3 Å². The first-order chi connectivity index (χ1) is 9.78. The molecule has 1 aromatic rings. The highest BCUT2D eigenvalue weighted by Gasteiger charge is 2.28. The van der Waals surface area contributed by atoms with E-state index in [0.717, 1.165) is 6.42 Å². The van der Waals surface area contributed by atoms with Gasteiger partial charge in [-0.1, -0.05) is 26.7 Å². The summed E-state index contributed by atoms with van der Waals surface area (Å²) in [4.78, 5) is 0.172. The zero-order valence-corrected chi connectivity index (χ0v) is 15.1. The maximum Gasteiger partial charge on any atom is 0.245 e. The van der Waals surface area contributed by atoms with Gasteiger partial charge in [0.25, 0.3) is 0 Å². The van der Waals surface area contributed by atoms with E-state index in [-0.39, 0.29) is 15.6 Å². The Kier molecular flexibility index (Phi) is 5.51. The summed E-state index contributed by atoms with van der Waals surface area (Å²) in [7, 11) is -3.54. The van der Waals surface area contributed by atoms with Crippen LogP contribution >= 0.6 is 15.9 Å². The van der Waals surface area contributed by atoms with Crippen molar-refractivity contribution in [3.05, 3.63) is 16.5 Å². The van der Waals surface area contributed by atoms with Crippen LogP contribution in [0.15, 0.2) is 20.0 Å². The quantitative estimate of drug-likeness (QED) is 0.729. The molecule has 7 heteroatoms. The molecular weight excluding hydrogens is 356 g/mol. The highest BCUT2D eigenvalue weighted by Crippen LogP contribution is 2.34. The lowest BCUT2D eigenvalue weighted by molar-refractivity contribution is 0.446. The molecule has 0 spiro atoms. The lowest BCUT2D eigenvalue weighted by atomic mass is 10.2. The van der Waals surface area contributed by atoms with E-state index in [0.29, 0.717) is 24.3 Å². The van der Waals surface area contributed by atoms with Gasteiger partial charge in [-0.2, -0.15) is 0 Å². The summed E-state index contributed by atoms with van der Waals surface area (Å²) >= 11 is 3.20. The lowest BCUT2D eigenvalue weighted by Gasteiger charge is -2.12. The number of nitrogens with one attached hydrogen (secondary N) is 2. The van der Waals surface area contributed by atoms with Crippen LogP contribution in [0.4, 0.5) is 0 Å². The zero-order valence-electron chi connectivity index (χ0n) is 12.6. The van der Waals surface area contributed by atoms with Crippen molar-refractivity contribution in [3.8, 4) is 0 Å². The fourth-order valence-corrected chi connectivity index (χ4v) is 4.46. The van der Waals surface area contributed by atoms with Crippen LogP contribution in [0.3, 0.4) is 0 Å². The molecule has 0 amide bonds. The van der Waals surface area contributed by atoms with Gasteiger partial charge in [-0.15, -0.1) is 0 Å². The molecule has 1 fully saturated rings. The Morgan fingerprint density at radius 1 is 1.38 bits per heavy atom. The van der Waals surface area contributed by atoms with E-state index in [1.54, 1.807) is 6.07 Å². The molecule has 0 radical (unpaired) electrons. The van der Waals surface area contributed by atoms with Gasteiger partial charge >= 0.3 is 0 Å². The number of hydrogen-bond donors (Lipinski definition) is 2. The summed E-state index contributed by atoms with van der Waals surface area (Å²) < 4.78 is 33.2. The van der Waals surface area contributed by atoms with E-state index in [2.05, 4.69) is 26.0 Å². The van der Waals surface area contributed by atoms with Crippen molar-refractivity contribution in [2.45, 2.75) is 63.6 Å². The number of rotatable bonds is 8. The molecular formula is C14H23BrN2O3S. The zero-order chi connectivity index (χ0) is 15.6. The summed E-state index contributed by atoms with van der Waals surface area (Å²) in [6.07, 6.45) is 3.33. The lowest BCUT2D eigenvalue weighted by Crippen LogP contribution is -2.32. The normalized spacial score (nSPS) is 17.4. The predicted molar refractivity (Wildman–Crippen MR) is 85.5 cm³/mol. The molecule has 5 nitrogen and oxygen atoms in total. The molecule has 1 unspecified atom stereocenters. The van der Waals surface area contributed by atoms with Crippen LogP contribution in [0.5, 0.6) is 0 Å². The smallest absolute Gasteiger partial charge is 0.245 e. The second-order valence-electron chi connectivity index (χ2n) is 6.09. The molecule has 0 aromatic carbocycles. The molecule has 1 heterocycles. The average molecular weight is 379 g/mol. The summed E-state index contributed by atoms with van der Waals surface area (Å²) in [5.74, 6) is 1.28. The van der Waals surface area contributed by atoms with E-state index >= 15 is 0 Å². The Labute approximate surface area is 135 Å². The maximum absolute atomic E-state index is 12.4. The molecule has 1 aliphatic rings. The minimum absolute atomic E-state index is 0.0541. The summed E-state index contributed by atoms with van der Waals surface area (Å²) in [5.41, 5.74) is 0. The molecule has 1 saturated carbocycles. The van der Waals surface area contributed by atoms with Gasteiger partial charge in [-0.05, 0) is 35.2 Å². The average Bonchev–Trinajstić information content (AvgIpc) is 3.06. The Bertz CT molecular complexity index is 579. The molecule has 120 valence electrons. The first kappa shape index (κ1) is 17.0. The van der Waals surface area contributed by atoms with Crippen molar-refractivity contribution in [3.63, 3.8) is 0 Å². The van der Waals surface area contributed by atoms with Gasteiger partial charge < -0.3 is 9.73 Å².